The van der Waals surface area contributed by atoms with Crippen molar-refractivity contribution in [2.45, 2.75) is 18.2 Å². The highest BCUT2D eigenvalue weighted by molar-refractivity contribution is 8.15. The van der Waals surface area contributed by atoms with Crippen LogP contribution in [0.1, 0.15) is 17.5 Å². The van der Waals surface area contributed by atoms with Crippen LogP contribution in [0.4, 0.5) is 0 Å². The molecule has 1 fully saturated rings. The lowest BCUT2D eigenvalue weighted by Crippen LogP contribution is -2.26. The number of carbonyl (C=O) groups is 2. The smallest absolute Gasteiger partial charge is 0.305 e. The Hall–Kier alpha value is -2.94. The Bertz CT molecular complexity index is 815. The fourth-order valence-corrected chi connectivity index (χ4v) is 3.10. The maximum Gasteiger partial charge on any atom is 0.305 e. The number of hydrogen-bond acceptors (Lipinski definition) is 6. The largest absolute Gasteiger partial charge is 0.481 e. The van der Waals surface area contributed by atoms with Gasteiger partial charge in [0.25, 0.3) is 0 Å². The third-order valence-corrected chi connectivity index (χ3v) is 4.45. The van der Waals surface area contributed by atoms with Gasteiger partial charge in [-0.05, 0) is 17.2 Å². The highest BCUT2D eigenvalue weighted by atomic mass is 32.2. The zero-order valence-corrected chi connectivity index (χ0v) is 13.9. The number of benzene rings is 1. The molecule has 1 aromatic heterocycles. The molecule has 2 heterocycles. The van der Waals surface area contributed by atoms with Crippen LogP contribution >= 0.6 is 11.8 Å². The standard InChI is InChI=1S/C16H15N5O3S/c22-14(23)8-13-15(24)19-16(25-13)20-17-9-11-2-4-12(5-3-11)10-21-7-1-6-18-21/h1-7,9,13H,8,10H2,(H,22,23)(H,19,20,24). The quantitative estimate of drug-likeness (QED) is 0.599. The number of thioether (sulfide) groups is 1. The van der Waals surface area contributed by atoms with Gasteiger partial charge in [0.15, 0.2) is 5.17 Å². The Kier molecular flexibility index (Phi) is 5.24. The highest BCUT2D eigenvalue weighted by Crippen LogP contribution is 2.22. The van der Waals surface area contributed by atoms with Crippen molar-refractivity contribution in [2.75, 3.05) is 0 Å². The Morgan fingerprint density at radius 3 is 2.88 bits per heavy atom. The lowest BCUT2D eigenvalue weighted by Gasteiger charge is -2.01. The Balaban J connectivity index is 1.57. The maximum atomic E-state index is 11.6. The van der Waals surface area contributed by atoms with E-state index < -0.39 is 11.2 Å². The van der Waals surface area contributed by atoms with Crippen LogP contribution in [0.5, 0.6) is 0 Å². The van der Waals surface area contributed by atoms with Gasteiger partial charge in [0, 0.05) is 12.4 Å². The zero-order chi connectivity index (χ0) is 17.6. The Morgan fingerprint density at radius 2 is 2.20 bits per heavy atom. The van der Waals surface area contributed by atoms with Crippen LogP contribution in [-0.2, 0) is 16.1 Å². The molecule has 0 bridgehead atoms. The van der Waals surface area contributed by atoms with Gasteiger partial charge in [0.1, 0.15) is 5.25 Å². The van der Waals surface area contributed by atoms with Crippen molar-refractivity contribution in [1.82, 2.24) is 15.1 Å². The normalized spacial score (nSPS) is 18.8. The molecule has 1 aliphatic rings. The molecule has 1 unspecified atom stereocenters. The van der Waals surface area contributed by atoms with Crippen molar-refractivity contribution in [1.29, 1.82) is 0 Å². The van der Waals surface area contributed by atoms with Crippen molar-refractivity contribution < 1.29 is 14.7 Å². The number of rotatable bonds is 6. The Morgan fingerprint density at radius 1 is 1.40 bits per heavy atom. The number of carboxylic acid groups (broad SMARTS) is 1. The van der Waals surface area contributed by atoms with Crippen molar-refractivity contribution in [2.24, 2.45) is 10.2 Å². The molecule has 3 rings (SSSR count). The summed E-state index contributed by atoms with van der Waals surface area (Å²) in [6.45, 7) is 0.695. The van der Waals surface area contributed by atoms with E-state index in [1.165, 1.54) is 0 Å². The summed E-state index contributed by atoms with van der Waals surface area (Å²) >= 11 is 1.07. The third-order valence-electron chi connectivity index (χ3n) is 3.38. The first kappa shape index (κ1) is 16.9. The Labute approximate surface area is 147 Å². The number of nitrogens with zero attached hydrogens (tertiary/aromatic N) is 4. The van der Waals surface area contributed by atoms with E-state index >= 15 is 0 Å². The van der Waals surface area contributed by atoms with Crippen LogP contribution in [0.25, 0.3) is 0 Å². The van der Waals surface area contributed by atoms with Crippen LogP contribution in [0.3, 0.4) is 0 Å². The first-order chi connectivity index (χ1) is 12.1. The summed E-state index contributed by atoms with van der Waals surface area (Å²) in [7, 11) is 0. The first-order valence-corrected chi connectivity index (χ1v) is 8.35. The van der Waals surface area contributed by atoms with Gasteiger partial charge in [0.05, 0.1) is 19.2 Å². The summed E-state index contributed by atoms with van der Waals surface area (Å²) in [6.07, 6.45) is 4.97. The molecule has 1 saturated heterocycles. The lowest BCUT2D eigenvalue weighted by atomic mass is 10.1. The topological polar surface area (TPSA) is 109 Å². The molecule has 0 radical (unpaired) electrons. The highest BCUT2D eigenvalue weighted by Gasteiger charge is 2.32. The van der Waals surface area contributed by atoms with Gasteiger partial charge >= 0.3 is 5.97 Å². The molecule has 0 aliphatic carbocycles. The monoisotopic (exact) mass is 357 g/mol. The molecule has 9 heteroatoms. The molecular weight excluding hydrogens is 342 g/mol. The lowest BCUT2D eigenvalue weighted by molar-refractivity contribution is -0.138. The number of amides is 1. The van der Waals surface area contributed by atoms with Crippen molar-refractivity contribution in [3.05, 3.63) is 53.9 Å². The average molecular weight is 357 g/mol. The fourth-order valence-electron chi connectivity index (χ4n) is 2.18. The number of aliphatic carboxylic acids is 1. The molecule has 2 N–H and O–H groups in total. The number of aromatic nitrogens is 2. The van der Waals surface area contributed by atoms with E-state index in [-0.39, 0.29) is 12.3 Å². The second kappa shape index (κ2) is 7.75. The zero-order valence-electron chi connectivity index (χ0n) is 13.1. The number of amidine groups is 1. The second-order valence-electron chi connectivity index (χ2n) is 5.29. The van der Waals surface area contributed by atoms with Gasteiger partial charge in [-0.2, -0.15) is 10.2 Å². The molecule has 1 aliphatic heterocycles. The van der Waals surface area contributed by atoms with Crippen LogP contribution in [0, 0.1) is 0 Å². The number of carbonyl (C=O) groups excluding carboxylic acids is 1. The summed E-state index contributed by atoms with van der Waals surface area (Å²) in [6, 6.07) is 9.66. The van der Waals surface area contributed by atoms with Crippen LogP contribution in [0.2, 0.25) is 0 Å². The first-order valence-electron chi connectivity index (χ1n) is 7.47. The SMILES string of the molecule is O=C(O)CC1SC(=NN=Cc2ccc(Cn3cccn3)cc2)NC1=O. The molecule has 0 saturated carbocycles. The van der Waals surface area contributed by atoms with Gasteiger partial charge in [-0.3, -0.25) is 14.3 Å². The maximum absolute atomic E-state index is 11.6. The van der Waals surface area contributed by atoms with Gasteiger partial charge in [-0.1, -0.05) is 36.0 Å². The molecule has 1 amide bonds. The molecule has 1 aromatic carbocycles. The van der Waals surface area contributed by atoms with E-state index in [4.69, 9.17) is 5.11 Å². The molecule has 2 aromatic rings. The van der Waals surface area contributed by atoms with Crippen molar-refractivity contribution >= 4 is 35.0 Å². The summed E-state index contributed by atoms with van der Waals surface area (Å²) in [5.74, 6) is -1.38. The number of hydrogen-bond donors (Lipinski definition) is 2. The van der Waals surface area contributed by atoms with Crippen LogP contribution in [-0.4, -0.2) is 43.4 Å². The van der Waals surface area contributed by atoms with Crippen molar-refractivity contribution in [3.63, 3.8) is 0 Å². The molecule has 128 valence electrons. The fraction of sp³-hybridized carbons (Fsp3) is 0.188. The van der Waals surface area contributed by atoms with E-state index in [1.54, 1.807) is 12.4 Å². The van der Waals surface area contributed by atoms with E-state index in [1.807, 2.05) is 41.2 Å². The average Bonchev–Trinajstić information content (AvgIpc) is 3.19. The second-order valence-corrected chi connectivity index (χ2v) is 6.48. The van der Waals surface area contributed by atoms with Gasteiger partial charge in [-0.15, -0.1) is 5.10 Å². The predicted octanol–water partition coefficient (Wildman–Crippen LogP) is 1.33. The molecule has 25 heavy (non-hydrogen) atoms. The van der Waals surface area contributed by atoms with Gasteiger partial charge in [-0.25, -0.2) is 0 Å². The number of carboxylic acids is 1. The summed E-state index contributed by atoms with van der Waals surface area (Å²) in [5.41, 5.74) is 1.98. The van der Waals surface area contributed by atoms with Crippen LogP contribution in [0.15, 0.2) is 52.9 Å². The minimum Gasteiger partial charge on any atom is -0.481 e. The summed E-state index contributed by atoms with van der Waals surface area (Å²) in [5, 5.41) is 22.9. The summed E-state index contributed by atoms with van der Waals surface area (Å²) in [4.78, 5) is 22.3. The predicted molar refractivity (Wildman–Crippen MR) is 94.6 cm³/mol. The van der Waals surface area contributed by atoms with E-state index in [0.29, 0.717) is 11.7 Å². The van der Waals surface area contributed by atoms with Crippen LogP contribution < -0.4 is 5.32 Å². The summed E-state index contributed by atoms with van der Waals surface area (Å²) < 4.78 is 1.84. The van der Waals surface area contributed by atoms with E-state index in [0.717, 1.165) is 22.9 Å². The van der Waals surface area contributed by atoms with E-state index in [9.17, 15) is 9.59 Å². The third kappa shape index (κ3) is 4.77. The minimum atomic E-state index is -1.02. The molecule has 1 atom stereocenters. The number of nitrogens with one attached hydrogen (secondary N) is 1. The molecule has 0 spiro atoms. The van der Waals surface area contributed by atoms with Gasteiger partial charge in [0.2, 0.25) is 5.91 Å². The minimum absolute atomic E-state index is 0.239. The molecular formula is C16H15N5O3S. The van der Waals surface area contributed by atoms with Gasteiger partial charge < -0.3 is 10.4 Å². The van der Waals surface area contributed by atoms with Crippen molar-refractivity contribution in [3.8, 4) is 0 Å². The molecule has 8 nitrogen and oxygen atoms in total. The van der Waals surface area contributed by atoms with E-state index in [2.05, 4.69) is 20.6 Å².